The van der Waals surface area contributed by atoms with Gasteiger partial charge in [-0.25, -0.2) is 0 Å². The lowest BCUT2D eigenvalue weighted by atomic mass is 9.62. The van der Waals surface area contributed by atoms with Crippen molar-refractivity contribution < 1.29 is 29.0 Å². The summed E-state index contributed by atoms with van der Waals surface area (Å²) in [6.07, 6.45) is 1.97. The van der Waals surface area contributed by atoms with E-state index in [1.165, 1.54) is 4.90 Å². The van der Waals surface area contributed by atoms with Crippen molar-refractivity contribution in [3.63, 3.8) is 0 Å². The first kappa shape index (κ1) is 27.4. The molecule has 0 radical (unpaired) electrons. The Labute approximate surface area is 219 Å². The summed E-state index contributed by atoms with van der Waals surface area (Å²) in [5.74, 6) is -1.83. The van der Waals surface area contributed by atoms with Crippen molar-refractivity contribution in [1.29, 1.82) is 0 Å². The average molecular weight is 516 g/mol. The number of anilines is 1. The highest BCUT2D eigenvalue weighted by Crippen LogP contribution is 2.65. The highest BCUT2D eigenvalue weighted by Gasteiger charge is 2.80. The average Bonchev–Trinajstić information content (AvgIpc) is 3.40. The van der Waals surface area contributed by atoms with Gasteiger partial charge in [-0.05, 0) is 55.9 Å². The molecule has 3 fully saturated rings. The van der Waals surface area contributed by atoms with Crippen LogP contribution in [0.4, 0.5) is 5.69 Å². The van der Waals surface area contributed by atoms with Gasteiger partial charge in [-0.2, -0.15) is 0 Å². The van der Waals surface area contributed by atoms with E-state index in [4.69, 9.17) is 9.47 Å². The molecule has 1 aromatic rings. The molecule has 0 aliphatic carbocycles. The number of fused-ring (bicyclic) bond motifs is 1. The number of ether oxygens (including phenoxy) is 2. The van der Waals surface area contributed by atoms with Gasteiger partial charge in [0.15, 0.2) is 0 Å². The summed E-state index contributed by atoms with van der Waals surface area (Å²) in [7, 11) is 1.57. The zero-order valence-corrected chi connectivity index (χ0v) is 22.7. The molecule has 1 spiro atoms. The fourth-order valence-corrected chi connectivity index (χ4v) is 6.79. The summed E-state index contributed by atoms with van der Waals surface area (Å²) >= 11 is 0. The van der Waals surface area contributed by atoms with Crippen molar-refractivity contribution in [2.24, 2.45) is 23.7 Å². The van der Waals surface area contributed by atoms with Crippen molar-refractivity contribution in [2.75, 3.05) is 25.6 Å². The predicted octanol–water partition coefficient (Wildman–Crippen LogP) is 2.58. The molecule has 3 saturated heterocycles. The van der Waals surface area contributed by atoms with Gasteiger partial charge in [0.05, 0.1) is 37.2 Å². The smallest absolute Gasteiger partial charge is 0.250 e. The fraction of sp³-hybridized carbons (Fsp3) is 0.679. The van der Waals surface area contributed by atoms with Gasteiger partial charge in [-0.15, -0.1) is 0 Å². The Hall–Kier alpha value is -2.65. The molecule has 3 N–H and O–H groups in total. The Bertz CT molecular complexity index is 1030. The SMILES string of the molecule is CCCNC(=O)[C@H]1[C@H]2C(=O)N([C@@H](CO)[C@@H](C)CC)C(C(=O)Nc3ccc(OC)cc3)C23CC(C)[C@]1(C)O3. The molecule has 4 rings (SSSR count). The van der Waals surface area contributed by atoms with Crippen LogP contribution in [0.15, 0.2) is 24.3 Å². The van der Waals surface area contributed by atoms with E-state index in [2.05, 4.69) is 10.6 Å². The molecule has 8 atom stereocenters. The zero-order valence-electron chi connectivity index (χ0n) is 22.7. The van der Waals surface area contributed by atoms with Gasteiger partial charge in [-0.3, -0.25) is 14.4 Å². The van der Waals surface area contributed by atoms with E-state index in [0.717, 1.165) is 12.8 Å². The molecular formula is C28H41N3O6. The minimum Gasteiger partial charge on any atom is -0.497 e. The molecule has 0 saturated carbocycles. The maximum Gasteiger partial charge on any atom is 0.250 e. The number of aliphatic hydroxyl groups is 1. The van der Waals surface area contributed by atoms with Crippen molar-refractivity contribution in [3.05, 3.63) is 24.3 Å². The van der Waals surface area contributed by atoms with Gasteiger partial charge >= 0.3 is 0 Å². The molecule has 3 unspecified atom stereocenters. The summed E-state index contributed by atoms with van der Waals surface area (Å²) in [6, 6.07) is 5.42. The van der Waals surface area contributed by atoms with E-state index in [1.54, 1.807) is 31.4 Å². The van der Waals surface area contributed by atoms with Crippen LogP contribution in [0.25, 0.3) is 0 Å². The number of benzene rings is 1. The highest BCUT2D eigenvalue weighted by atomic mass is 16.5. The lowest BCUT2D eigenvalue weighted by Gasteiger charge is -2.39. The van der Waals surface area contributed by atoms with Crippen LogP contribution in [0.5, 0.6) is 5.75 Å². The van der Waals surface area contributed by atoms with Crippen LogP contribution < -0.4 is 15.4 Å². The van der Waals surface area contributed by atoms with Crippen LogP contribution in [-0.2, 0) is 19.1 Å². The second-order valence-corrected chi connectivity index (χ2v) is 11.1. The number of nitrogens with one attached hydrogen (secondary N) is 2. The molecule has 3 amide bonds. The third-order valence-electron chi connectivity index (χ3n) is 9.04. The minimum atomic E-state index is -1.16. The van der Waals surface area contributed by atoms with Crippen molar-refractivity contribution in [3.8, 4) is 5.75 Å². The second kappa shape index (κ2) is 10.3. The monoisotopic (exact) mass is 515 g/mol. The number of amides is 3. The second-order valence-electron chi connectivity index (χ2n) is 11.1. The van der Waals surface area contributed by atoms with Crippen molar-refractivity contribution in [1.82, 2.24) is 10.2 Å². The Morgan fingerprint density at radius 3 is 2.49 bits per heavy atom. The van der Waals surface area contributed by atoms with Gasteiger partial charge < -0.3 is 30.1 Å². The lowest BCUT2D eigenvalue weighted by Crippen LogP contribution is -2.57. The molecule has 0 aromatic heterocycles. The number of likely N-dealkylation sites (tertiary alicyclic amines) is 1. The summed E-state index contributed by atoms with van der Waals surface area (Å²) in [4.78, 5) is 43.3. The van der Waals surface area contributed by atoms with Gasteiger partial charge in [0.1, 0.15) is 17.4 Å². The molecule has 3 heterocycles. The van der Waals surface area contributed by atoms with E-state index in [0.29, 0.717) is 24.4 Å². The maximum atomic E-state index is 14.2. The predicted molar refractivity (Wildman–Crippen MR) is 139 cm³/mol. The zero-order chi connectivity index (χ0) is 27.1. The number of hydrogen-bond acceptors (Lipinski definition) is 6. The molecule has 2 bridgehead atoms. The van der Waals surface area contributed by atoms with Crippen LogP contribution in [0.2, 0.25) is 0 Å². The minimum absolute atomic E-state index is 0.0404. The largest absolute Gasteiger partial charge is 0.497 e. The van der Waals surface area contributed by atoms with Crippen LogP contribution in [-0.4, -0.2) is 71.3 Å². The third kappa shape index (κ3) is 4.20. The van der Waals surface area contributed by atoms with Crippen LogP contribution in [0.1, 0.15) is 53.9 Å². The molecule has 9 nitrogen and oxygen atoms in total. The Balaban J connectivity index is 1.79. The first-order valence-corrected chi connectivity index (χ1v) is 13.4. The van der Waals surface area contributed by atoms with Gasteiger partial charge in [0.25, 0.3) is 0 Å². The molecule has 9 heteroatoms. The first-order valence-electron chi connectivity index (χ1n) is 13.4. The van der Waals surface area contributed by atoms with Gasteiger partial charge in [-0.1, -0.05) is 34.1 Å². The van der Waals surface area contributed by atoms with E-state index < -0.39 is 35.1 Å². The molecule has 3 aliphatic heterocycles. The number of rotatable bonds is 10. The molecule has 204 valence electrons. The summed E-state index contributed by atoms with van der Waals surface area (Å²) in [5, 5.41) is 16.4. The Kier molecular flexibility index (Phi) is 7.59. The number of hydrogen-bond donors (Lipinski definition) is 3. The van der Waals surface area contributed by atoms with Crippen LogP contribution >= 0.6 is 0 Å². The van der Waals surface area contributed by atoms with E-state index in [9.17, 15) is 19.5 Å². The van der Waals surface area contributed by atoms with E-state index in [1.807, 2.05) is 34.6 Å². The summed E-state index contributed by atoms with van der Waals surface area (Å²) in [5.41, 5.74) is -1.46. The quantitative estimate of drug-likeness (QED) is 0.441. The Morgan fingerprint density at radius 1 is 1.24 bits per heavy atom. The van der Waals surface area contributed by atoms with E-state index in [-0.39, 0.29) is 36.2 Å². The molecule has 37 heavy (non-hydrogen) atoms. The number of methoxy groups -OCH3 is 1. The standard InChI is InChI=1S/C28H41N3O6/c1-7-13-29-24(33)21-22-26(35)31(20(15-32)16(3)8-2)23(28(22)14-17(4)27(21,5)37-28)25(34)30-18-9-11-19(36-6)12-10-18/h9-12,16-17,20-23,32H,7-8,13-15H2,1-6H3,(H,29,33)(H,30,34)/t16-,17?,20-,21+,22-,23?,27-,28?/m0/s1. The fourth-order valence-electron chi connectivity index (χ4n) is 6.79. The number of carbonyl (C=O) groups excluding carboxylic acids is 3. The Morgan fingerprint density at radius 2 is 1.92 bits per heavy atom. The summed E-state index contributed by atoms with van der Waals surface area (Å²) < 4.78 is 11.9. The molecule has 3 aliphatic rings. The van der Waals surface area contributed by atoms with Gasteiger partial charge in [0.2, 0.25) is 17.7 Å². The maximum absolute atomic E-state index is 14.2. The summed E-state index contributed by atoms with van der Waals surface area (Å²) in [6.45, 7) is 10.1. The third-order valence-corrected chi connectivity index (χ3v) is 9.04. The van der Waals surface area contributed by atoms with Crippen LogP contribution in [0.3, 0.4) is 0 Å². The highest BCUT2D eigenvalue weighted by molar-refractivity contribution is 6.04. The van der Waals surface area contributed by atoms with E-state index >= 15 is 0 Å². The number of aliphatic hydroxyl groups excluding tert-OH is 1. The normalized spacial score (nSPS) is 33.7. The van der Waals surface area contributed by atoms with Crippen LogP contribution in [0, 0.1) is 23.7 Å². The lowest BCUT2D eigenvalue weighted by molar-refractivity contribution is -0.150. The molecule has 1 aromatic carbocycles. The van der Waals surface area contributed by atoms with Crippen molar-refractivity contribution in [2.45, 2.75) is 77.2 Å². The van der Waals surface area contributed by atoms with Gasteiger partial charge in [0, 0.05) is 12.2 Å². The first-order chi connectivity index (χ1) is 17.6. The number of carbonyl (C=O) groups is 3. The number of nitrogens with zero attached hydrogens (tertiary/aromatic N) is 1. The van der Waals surface area contributed by atoms with Crippen molar-refractivity contribution >= 4 is 23.4 Å². The topological polar surface area (TPSA) is 117 Å². The molecular weight excluding hydrogens is 474 g/mol.